The first kappa shape index (κ1) is 17.8. The minimum absolute atomic E-state index is 0.0712. The van der Waals surface area contributed by atoms with Crippen LogP contribution in [0.15, 0.2) is 24.3 Å². The zero-order valence-electron chi connectivity index (χ0n) is 14.6. The van der Waals surface area contributed by atoms with Crippen LogP contribution in [-0.4, -0.2) is 43.2 Å². The number of benzene rings is 1. The van der Waals surface area contributed by atoms with Crippen molar-refractivity contribution in [2.24, 2.45) is 5.92 Å². The summed E-state index contributed by atoms with van der Waals surface area (Å²) in [5.41, 5.74) is 0.696. The molecule has 0 saturated carbocycles. The molecule has 2 rings (SSSR count). The zero-order valence-corrected chi connectivity index (χ0v) is 14.6. The predicted molar refractivity (Wildman–Crippen MR) is 91.9 cm³/mol. The Kier molecular flexibility index (Phi) is 6.90. The lowest BCUT2D eigenvalue weighted by Gasteiger charge is -2.17. The highest BCUT2D eigenvalue weighted by atomic mass is 16.5. The molecular formula is C19H29NO3. The highest BCUT2D eigenvalue weighted by Crippen LogP contribution is 2.19. The summed E-state index contributed by atoms with van der Waals surface area (Å²) in [6, 6.07) is 7.47. The van der Waals surface area contributed by atoms with Gasteiger partial charge in [0.2, 0.25) is 0 Å². The summed E-state index contributed by atoms with van der Waals surface area (Å²) >= 11 is 0. The van der Waals surface area contributed by atoms with Crippen LogP contribution in [0.3, 0.4) is 0 Å². The van der Waals surface area contributed by atoms with E-state index in [-0.39, 0.29) is 12.0 Å². The molecule has 1 aromatic rings. The van der Waals surface area contributed by atoms with Crippen LogP contribution >= 0.6 is 0 Å². The molecule has 4 heteroatoms. The van der Waals surface area contributed by atoms with Crippen LogP contribution in [0.1, 0.15) is 50.4 Å². The summed E-state index contributed by atoms with van der Waals surface area (Å²) in [5, 5.41) is 0. The second kappa shape index (κ2) is 8.92. The standard InChI is InChI=1S/C19H29NO3/c1-4-11-22-17-7-5-6-16(13-17)19(21)20-10-8-18(14-20)23-12-9-15(2)3/h5-7,13,15,18H,4,8-12,14H2,1-3H3/t18-/m1/s1. The average molecular weight is 319 g/mol. The van der Waals surface area contributed by atoms with Crippen molar-refractivity contribution >= 4 is 5.91 Å². The second-order valence-electron chi connectivity index (χ2n) is 6.59. The van der Waals surface area contributed by atoms with E-state index in [0.29, 0.717) is 24.6 Å². The quantitative estimate of drug-likeness (QED) is 0.732. The van der Waals surface area contributed by atoms with E-state index in [1.54, 1.807) is 0 Å². The van der Waals surface area contributed by atoms with Gasteiger partial charge in [-0.05, 0) is 43.4 Å². The van der Waals surface area contributed by atoms with E-state index in [1.807, 2.05) is 29.2 Å². The first-order valence-electron chi connectivity index (χ1n) is 8.74. The summed E-state index contributed by atoms with van der Waals surface area (Å²) in [6.45, 7) is 9.38. The number of likely N-dealkylation sites (tertiary alicyclic amines) is 1. The van der Waals surface area contributed by atoms with Crippen molar-refractivity contribution in [3.63, 3.8) is 0 Å². The largest absolute Gasteiger partial charge is 0.494 e. The minimum Gasteiger partial charge on any atom is -0.494 e. The van der Waals surface area contributed by atoms with Crippen molar-refractivity contribution in [1.29, 1.82) is 0 Å². The maximum Gasteiger partial charge on any atom is 0.254 e. The van der Waals surface area contributed by atoms with Gasteiger partial charge in [0.25, 0.3) is 5.91 Å². The molecule has 0 bridgehead atoms. The predicted octanol–water partition coefficient (Wildman–Crippen LogP) is 3.75. The number of hydrogen-bond acceptors (Lipinski definition) is 3. The molecule has 0 unspecified atom stereocenters. The van der Waals surface area contributed by atoms with Gasteiger partial charge in [-0.3, -0.25) is 4.79 Å². The Hall–Kier alpha value is -1.55. The maximum absolute atomic E-state index is 12.6. The van der Waals surface area contributed by atoms with Crippen LogP contribution in [0.2, 0.25) is 0 Å². The fraction of sp³-hybridized carbons (Fsp3) is 0.632. The fourth-order valence-electron chi connectivity index (χ4n) is 2.64. The number of hydrogen-bond donors (Lipinski definition) is 0. The van der Waals surface area contributed by atoms with Gasteiger partial charge in [-0.15, -0.1) is 0 Å². The second-order valence-corrected chi connectivity index (χ2v) is 6.59. The molecule has 4 nitrogen and oxygen atoms in total. The zero-order chi connectivity index (χ0) is 16.7. The van der Waals surface area contributed by atoms with Gasteiger partial charge in [-0.1, -0.05) is 26.8 Å². The summed E-state index contributed by atoms with van der Waals surface area (Å²) in [7, 11) is 0. The van der Waals surface area contributed by atoms with Gasteiger partial charge in [0.1, 0.15) is 5.75 Å². The fourth-order valence-corrected chi connectivity index (χ4v) is 2.64. The SMILES string of the molecule is CCCOc1cccc(C(=O)N2CC[C@@H](OCCC(C)C)C2)c1. The van der Waals surface area contributed by atoms with E-state index >= 15 is 0 Å². The number of amides is 1. The smallest absolute Gasteiger partial charge is 0.254 e. The van der Waals surface area contributed by atoms with Crippen LogP contribution in [0.5, 0.6) is 5.75 Å². The Morgan fingerprint density at radius 3 is 2.91 bits per heavy atom. The molecule has 1 heterocycles. The average Bonchev–Trinajstić information content (AvgIpc) is 3.01. The Balaban J connectivity index is 1.86. The molecule has 1 fully saturated rings. The third-order valence-corrected chi connectivity index (χ3v) is 4.03. The molecule has 1 amide bonds. The molecular weight excluding hydrogens is 290 g/mol. The molecule has 0 aromatic heterocycles. The molecule has 1 aliphatic rings. The molecule has 23 heavy (non-hydrogen) atoms. The lowest BCUT2D eigenvalue weighted by molar-refractivity contribution is 0.0484. The number of carbonyl (C=O) groups excluding carboxylic acids is 1. The van der Waals surface area contributed by atoms with Gasteiger partial charge in [0.15, 0.2) is 0 Å². The molecule has 1 saturated heterocycles. The molecule has 0 spiro atoms. The third kappa shape index (κ3) is 5.54. The van der Waals surface area contributed by atoms with Crippen LogP contribution in [0, 0.1) is 5.92 Å². The van der Waals surface area contributed by atoms with Gasteiger partial charge >= 0.3 is 0 Å². The van der Waals surface area contributed by atoms with E-state index in [4.69, 9.17) is 9.47 Å². The van der Waals surface area contributed by atoms with Crippen LogP contribution < -0.4 is 4.74 Å². The monoisotopic (exact) mass is 319 g/mol. The Bertz CT molecular complexity index is 501. The Labute approximate surface area is 139 Å². The lowest BCUT2D eigenvalue weighted by atomic mass is 10.1. The molecule has 1 atom stereocenters. The summed E-state index contributed by atoms with van der Waals surface area (Å²) in [4.78, 5) is 14.5. The van der Waals surface area contributed by atoms with Crippen LogP contribution in [0.4, 0.5) is 0 Å². The minimum atomic E-state index is 0.0712. The van der Waals surface area contributed by atoms with E-state index < -0.39 is 0 Å². The summed E-state index contributed by atoms with van der Waals surface area (Å²) < 4.78 is 11.5. The van der Waals surface area contributed by atoms with Crippen LogP contribution in [-0.2, 0) is 4.74 Å². The number of ether oxygens (including phenoxy) is 2. The van der Waals surface area contributed by atoms with Crippen LogP contribution in [0.25, 0.3) is 0 Å². The van der Waals surface area contributed by atoms with Gasteiger partial charge in [-0.25, -0.2) is 0 Å². The highest BCUT2D eigenvalue weighted by molar-refractivity contribution is 5.94. The van der Waals surface area contributed by atoms with Gasteiger partial charge in [0.05, 0.1) is 12.7 Å². The first-order chi connectivity index (χ1) is 11.1. The normalized spacial score (nSPS) is 17.7. The first-order valence-corrected chi connectivity index (χ1v) is 8.74. The lowest BCUT2D eigenvalue weighted by Crippen LogP contribution is -2.30. The molecule has 0 N–H and O–H groups in total. The van der Waals surface area contributed by atoms with Crippen molar-refractivity contribution in [1.82, 2.24) is 4.90 Å². The number of nitrogens with zero attached hydrogens (tertiary/aromatic N) is 1. The summed E-state index contributed by atoms with van der Waals surface area (Å²) in [6.07, 6.45) is 3.13. The van der Waals surface area contributed by atoms with E-state index in [0.717, 1.165) is 38.2 Å². The van der Waals surface area contributed by atoms with Crippen molar-refractivity contribution in [2.45, 2.75) is 46.1 Å². The molecule has 128 valence electrons. The molecule has 1 aliphatic heterocycles. The van der Waals surface area contributed by atoms with E-state index in [2.05, 4.69) is 20.8 Å². The summed E-state index contributed by atoms with van der Waals surface area (Å²) in [5.74, 6) is 1.49. The van der Waals surface area contributed by atoms with Crippen molar-refractivity contribution in [3.8, 4) is 5.75 Å². The number of rotatable bonds is 8. The molecule has 0 radical (unpaired) electrons. The third-order valence-electron chi connectivity index (χ3n) is 4.03. The maximum atomic E-state index is 12.6. The Morgan fingerprint density at radius 1 is 1.35 bits per heavy atom. The van der Waals surface area contributed by atoms with Crippen molar-refractivity contribution < 1.29 is 14.3 Å². The number of carbonyl (C=O) groups is 1. The highest BCUT2D eigenvalue weighted by Gasteiger charge is 2.27. The molecule has 0 aliphatic carbocycles. The van der Waals surface area contributed by atoms with E-state index in [1.165, 1.54) is 0 Å². The molecule has 1 aromatic carbocycles. The van der Waals surface area contributed by atoms with Gasteiger partial charge in [-0.2, -0.15) is 0 Å². The van der Waals surface area contributed by atoms with Crippen molar-refractivity contribution in [3.05, 3.63) is 29.8 Å². The Morgan fingerprint density at radius 2 is 2.17 bits per heavy atom. The van der Waals surface area contributed by atoms with Gasteiger partial charge < -0.3 is 14.4 Å². The van der Waals surface area contributed by atoms with Crippen molar-refractivity contribution in [2.75, 3.05) is 26.3 Å². The van der Waals surface area contributed by atoms with Gasteiger partial charge in [0, 0.05) is 25.3 Å². The van der Waals surface area contributed by atoms with E-state index in [9.17, 15) is 4.79 Å². The topological polar surface area (TPSA) is 38.8 Å².